The molecule has 0 bridgehead atoms. The number of carbonyl (C=O) groups excluding carboxylic acids is 1. The summed E-state index contributed by atoms with van der Waals surface area (Å²) in [5.41, 5.74) is 1.50. The Morgan fingerprint density at radius 2 is 1.58 bits per heavy atom. The third-order valence-electron chi connectivity index (χ3n) is 5.47. The van der Waals surface area contributed by atoms with E-state index in [0.717, 1.165) is 35.0 Å². The molecule has 1 fully saturated rings. The Labute approximate surface area is 178 Å². The summed E-state index contributed by atoms with van der Waals surface area (Å²) in [5, 5.41) is 0. The Hall–Kier alpha value is -3.74. The van der Waals surface area contributed by atoms with E-state index in [1.54, 1.807) is 4.90 Å². The highest BCUT2D eigenvalue weighted by atomic mass is 19.1. The normalized spacial score (nSPS) is 15.4. The van der Waals surface area contributed by atoms with E-state index in [0.29, 0.717) is 31.9 Å². The number of para-hydroxylation sites is 3. The highest BCUT2D eigenvalue weighted by molar-refractivity contribution is 6.04. The molecule has 2 aliphatic heterocycles. The first-order valence-corrected chi connectivity index (χ1v) is 10.0. The van der Waals surface area contributed by atoms with Crippen LogP contribution in [-0.2, 0) is 0 Å². The van der Waals surface area contributed by atoms with Gasteiger partial charge in [0.1, 0.15) is 28.9 Å². The Balaban J connectivity index is 1.40. The highest BCUT2D eigenvalue weighted by Gasteiger charge is 2.28. The molecule has 5 rings (SSSR count). The number of halogens is 2. The summed E-state index contributed by atoms with van der Waals surface area (Å²) in [6.07, 6.45) is 0. The number of ether oxygens (including phenoxy) is 1. The van der Waals surface area contributed by atoms with Crippen LogP contribution >= 0.6 is 0 Å². The third kappa shape index (κ3) is 3.63. The Bertz CT molecular complexity index is 1190. The predicted molar refractivity (Wildman–Crippen MR) is 113 cm³/mol. The van der Waals surface area contributed by atoms with Gasteiger partial charge in [0.15, 0.2) is 5.75 Å². The van der Waals surface area contributed by atoms with Gasteiger partial charge in [0.2, 0.25) is 0 Å². The van der Waals surface area contributed by atoms with Crippen molar-refractivity contribution in [1.82, 2.24) is 9.80 Å². The van der Waals surface area contributed by atoms with Gasteiger partial charge in [0.05, 0.1) is 11.1 Å². The van der Waals surface area contributed by atoms with E-state index in [2.05, 4.69) is 4.90 Å². The minimum Gasteiger partial charge on any atom is -0.454 e. The molecule has 7 heteroatoms. The van der Waals surface area contributed by atoms with Gasteiger partial charge in [-0.1, -0.05) is 24.3 Å². The number of aliphatic imine (C=N–C) groups is 1. The average molecular weight is 419 g/mol. The van der Waals surface area contributed by atoms with Crippen LogP contribution in [-0.4, -0.2) is 47.7 Å². The predicted octanol–water partition coefficient (Wildman–Crippen LogP) is 4.61. The zero-order valence-electron chi connectivity index (χ0n) is 16.6. The first-order valence-electron chi connectivity index (χ1n) is 10.0. The maximum absolute atomic E-state index is 14.0. The number of nitrogens with zero attached hydrogens (tertiary/aromatic N) is 3. The van der Waals surface area contributed by atoms with Crippen LogP contribution in [0.25, 0.3) is 0 Å². The van der Waals surface area contributed by atoms with Crippen LogP contribution in [0, 0.1) is 11.6 Å². The van der Waals surface area contributed by atoms with E-state index in [9.17, 15) is 13.6 Å². The fourth-order valence-electron chi connectivity index (χ4n) is 3.86. The van der Waals surface area contributed by atoms with Crippen molar-refractivity contribution in [3.05, 3.63) is 89.5 Å². The summed E-state index contributed by atoms with van der Waals surface area (Å²) >= 11 is 0. The lowest BCUT2D eigenvalue weighted by Gasteiger charge is -2.36. The van der Waals surface area contributed by atoms with Gasteiger partial charge in [-0.05, 0) is 36.4 Å². The molecule has 3 aromatic rings. The molecule has 0 atom stereocenters. The summed E-state index contributed by atoms with van der Waals surface area (Å²) in [5.74, 6) is 0.202. The number of amides is 1. The number of piperazine rings is 1. The first kappa shape index (κ1) is 19.2. The van der Waals surface area contributed by atoms with Gasteiger partial charge in [-0.2, -0.15) is 0 Å². The van der Waals surface area contributed by atoms with E-state index in [4.69, 9.17) is 9.73 Å². The van der Waals surface area contributed by atoms with Crippen molar-refractivity contribution >= 4 is 17.4 Å². The summed E-state index contributed by atoms with van der Waals surface area (Å²) in [4.78, 5) is 21.3. The molecule has 0 spiro atoms. The van der Waals surface area contributed by atoms with Crippen molar-refractivity contribution in [1.29, 1.82) is 0 Å². The van der Waals surface area contributed by atoms with E-state index < -0.39 is 17.5 Å². The molecular formula is C24H19F2N3O2. The fraction of sp³-hybridized carbons (Fsp3) is 0.167. The second kappa shape index (κ2) is 7.83. The van der Waals surface area contributed by atoms with Crippen molar-refractivity contribution in [2.75, 3.05) is 26.2 Å². The van der Waals surface area contributed by atoms with Gasteiger partial charge in [-0.15, -0.1) is 0 Å². The molecule has 0 N–H and O–H groups in total. The van der Waals surface area contributed by atoms with Crippen LogP contribution < -0.4 is 4.74 Å². The lowest BCUT2D eigenvalue weighted by Crippen LogP contribution is -2.51. The highest BCUT2D eigenvalue weighted by Crippen LogP contribution is 2.37. The Morgan fingerprint density at radius 3 is 2.35 bits per heavy atom. The molecule has 0 unspecified atom stereocenters. The molecule has 3 aromatic carbocycles. The zero-order valence-corrected chi connectivity index (χ0v) is 16.6. The minimum absolute atomic E-state index is 0.116. The lowest BCUT2D eigenvalue weighted by atomic mass is 10.1. The number of rotatable bonds is 1. The smallest absolute Gasteiger partial charge is 0.256 e. The SMILES string of the molecule is O=C(c1ccc(F)cc1F)N1CCN(C2=Nc3ccccc3Oc3ccccc32)CC1. The maximum atomic E-state index is 14.0. The topological polar surface area (TPSA) is 45.1 Å². The first-order chi connectivity index (χ1) is 15.1. The van der Waals surface area contributed by atoms with Gasteiger partial charge in [-0.3, -0.25) is 4.79 Å². The van der Waals surface area contributed by atoms with Crippen LogP contribution in [0.3, 0.4) is 0 Å². The lowest BCUT2D eigenvalue weighted by molar-refractivity contribution is 0.0687. The number of hydrogen-bond donors (Lipinski definition) is 0. The van der Waals surface area contributed by atoms with Gasteiger partial charge in [0, 0.05) is 32.2 Å². The van der Waals surface area contributed by atoms with E-state index in [-0.39, 0.29) is 5.56 Å². The van der Waals surface area contributed by atoms with Crippen LogP contribution in [0.2, 0.25) is 0 Å². The molecule has 31 heavy (non-hydrogen) atoms. The molecule has 2 heterocycles. The molecular weight excluding hydrogens is 400 g/mol. The van der Waals surface area contributed by atoms with Gasteiger partial charge < -0.3 is 14.5 Å². The summed E-state index contributed by atoms with van der Waals surface area (Å²) < 4.78 is 33.3. The summed E-state index contributed by atoms with van der Waals surface area (Å²) in [7, 11) is 0. The molecule has 5 nitrogen and oxygen atoms in total. The largest absolute Gasteiger partial charge is 0.454 e. The monoisotopic (exact) mass is 419 g/mol. The molecule has 2 aliphatic rings. The van der Waals surface area contributed by atoms with Gasteiger partial charge >= 0.3 is 0 Å². The van der Waals surface area contributed by atoms with Crippen molar-refractivity contribution < 1.29 is 18.3 Å². The number of carbonyl (C=O) groups is 1. The maximum Gasteiger partial charge on any atom is 0.256 e. The third-order valence-corrected chi connectivity index (χ3v) is 5.47. The van der Waals surface area contributed by atoms with Crippen molar-refractivity contribution in [3.8, 4) is 11.5 Å². The molecule has 0 aromatic heterocycles. The number of benzene rings is 3. The number of amidine groups is 1. The average Bonchev–Trinajstić information content (AvgIpc) is 2.95. The zero-order chi connectivity index (χ0) is 21.4. The molecule has 1 amide bonds. The quantitative estimate of drug-likeness (QED) is 0.579. The fourth-order valence-corrected chi connectivity index (χ4v) is 3.86. The summed E-state index contributed by atoms with van der Waals surface area (Å²) in [6, 6.07) is 18.3. The second-order valence-electron chi connectivity index (χ2n) is 7.40. The second-order valence-corrected chi connectivity index (χ2v) is 7.40. The molecule has 156 valence electrons. The number of fused-ring (bicyclic) bond motifs is 2. The molecule has 0 saturated carbocycles. The van der Waals surface area contributed by atoms with E-state index >= 15 is 0 Å². The van der Waals surface area contributed by atoms with Crippen LogP contribution in [0.4, 0.5) is 14.5 Å². The molecule has 1 saturated heterocycles. The molecule has 0 radical (unpaired) electrons. The van der Waals surface area contributed by atoms with E-state index in [1.165, 1.54) is 6.07 Å². The van der Waals surface area contributed by atoms with Crippen LogP contribution in [0.15, 0.2) is 71.7 Å². The minimum atomic E-state index is -0.844. The standard InChI is InChI=1S/C24H19F2N3O2/c25-16-9-10-17(19(26)15-16)24(30)29-13-11-28(12-14-29)23-18-5-1-3-7-21(18)31-22-8-4-2-6-20(22)27-23/h1-10,15H,11-14H2. The Morgan fingerprint density at radius 1 is 0.871 bits per heavy atom. The Kier molecular flexibility index (Phi) is 4.86. The molecule has 0 aliphatic carbocycles. The summed E-state index contributed by atoms with van der Waals surface area (Å²) in [6.45, 7) is 1.87. The van der Waals surface area contributed by atoms with Crippen molar-refractivity contribution in [3.63, 3.8) is 0 Å². The van der Waals surface area contributed by atoms with Crippen LogP contribution in [0.5, 0.6) is 11.5 Å². The van der Waals surface area contributed by atoms with Crippen LogP contribution in [0.1, 0.15) is 15.9 Å². The van der Waals surface area contributed by atoms with Crippen molar-refractivity contribution in [2.24, 2.45) is 4.99 Å². The number of hydrogen-bond acceptors (Lipinski definition) is 4. The van der Waals surface area contributed by atoms with Gasteiger partial charge in [-0.25, -0.2) is 13.8 Å². The van der Waals surface area contributed by atoms with Crippen molar-refractivity contribution in [2.45, 2.75) is 0 Å². The van der Waals surface area contributed by atoms with E-state index in [1.807, 2.05) is 48.5 Å². The van der Waals surface area contributed by atoms with Gasteiger partial charge in [0.25, 0.3) is 5.91 Å².